The minimum atomic E-state index is 0.216. The fourth-order valence-corrected chi connectivity index (χ4v) is 3.44. The molecule has 0 aliphatic carbocycles. The van der Waals surface area contributed by atoms with E-state index in [1.807, 2.05) is 14.1 Å². The fourth-order valence-electron chi connectivity index (χ4n) is 3.44. The maximum absolute atomic E-state index is 12.0. The van der Waals surface area contributed by atoms with Crippen LogP contribution in [0.3, 0.4) is 0 Å². The lowest BCUT2D eigenvalue weighted by molar-refractivity contribution is -0.134. The number of hydrogen-bond donors (Lipinski definition) is 1. The van der Waals surface area contributed by atoms with Gasteiger partial charge in [0.15, 0.2) is 0 Å². The number of rotatable bonds is 2. The van der Waals surface area contributed by atoms with E-state index in [1.165, 1.54) is 0 Å². The fraction of sp³-hybridized carbons (Fsp3) is 0.929. The summed E-state index contributed by atoms with van der Waals surface area (Å²) in [7, 11) is 5.83. The Labute approximate surface area is 116 Å². The van der Waals surface area contributed by atoms with Gasteiger partial charge in [0.25, 0.3) is 0 Å². The number of amides is 1. The van der Waals surface area contributed by atoms with Crippen molar-refractivity contribution >= 4 is 5.91 Å². The van der Waals surface area contributed by atoms with Gasteiger partial charge in [-0.1, -0.05) is 0 Å². The summed E-state index contributed by atoms with van der Waals surface area (Å²) in [5, 5.41) is 0. The molecular weight excluding hydrogens is 240 g/mol. The van der Waals surface area contributed by atoms with Crippen LogP contribution in [0.1, 0.15) is 19.3 Å². The van der Waals surface area contributed by atoms with Crippen molar-refractivity contribution in [1.29, 1.82) is 0 Å². The smallest absolute Gasteiger partial charge is 0.225 e. The van der Waals surface area contributed by atoms with Crippen molar-refractivity contribution in [2.45, 2.75) is 31.3 Å². The van der Waals surface area contributed by atoms with Crippen molar-refractivity contribution in [3.63, 3.8) is 0 Å². The van der Waals surface area contributed by atoms with Crippen LogP contribution in [0.25, 0.3) is 0 Å². The molecule has 2 saturated heterocycles. The summed E-state index contributed by atoms with van der Waals surface area (Å²) in [6.07, 6.45) is 3.12. The molecule has 0 bridgehead atoms. The van der Waals surface area contributed by atoms with Crippen LogP contribution in [0.2, 0.25) is 0 Å². The van der Waals surface area contributed by atoms with Crippen molar-refractivity contribution in [2.75, 3.05) is 47.3 Å². The zero-order valence-electron chi connectivity index (χ0n) is 12.5. The van der Waals surface area contributed by atoms with Crippen molar-refractivity contribution in [3.8, 4) is 0 Å². The van der Waals surface area contributed by atoms with Crippen LogP contribution in [0.4, 0.5) is 0 Å². The molecule has 5 nitrogen and oxygen atoms in total. The molecule has 2 rings (SSSR count). The van der Waals surface area contributed by atoms with Gasteiger partial charge in [-0.15, -0.1) is 0 Å². The molecule has 0 saturated carbocycles. The molecule has 0 aromatic rings. The highest BCUT2D eigenvalue weighted by Gasteiger charge is 2.33. The molecule has 2 aliphatic heterocycles. The molecule has 2 aliphatic rings. The first kappa shape index (κ1) is 14.8. The molecule has 5 heteroatoms. The standard InChI is InChI=1S/C14H28N4O/c1-16(2)14(19)11-4-8-18(9-5-11)13-6-7-17(3)10-12(13)15/h11-13H,4-10,15H2,1-3H3. The Balaban J connectivity index is 1.84. The highest BCUT2D eigenvalue weighted by atomic mass is 16.2. The molecule has 2 unspecified atom stereocenters. The zero-order valence-corrected chi connectivity index (χ0v) is 12.5. The topological polar surface area (TPSA) is 52.8 Å². The highest BCUT2D eigenvalue weighted by Crippen LogP contribution is 2.24. The van der Waals surface area contributed by atoms with Gasteiger partial charge in [-0.25, -0.2) is 0 Å². The molecule has 2 fully saturated rings. The zero-order chi connectivity index (χ0) is 14.0. The van der Waals surface area contributed by atoms with E-state index in [1.54, 1.807) is 4.90 Å². The Morgan fingerprint density at radius 1 is 1.16 bits per heavy atom. The molecule has 110 valence electrons. The summed E-state index contributed by atoms with van der Waals surface area (Å²) in [6.45, 7) is 4.16. The van der Waals surface area contributed by atoms with Gasteiger partial charge in [-0.2, -0.15) is 0 Å². The Hall–Kier alpha value is -0.650. The lowest BCUT2D eigenvalue weighted by Crippen LogP contribution is -2.58. The largest absolute Gasteiger partial charge is 0.349 e. The molecule has 0 spiro atoms. The third kappa shape index (κ3) is 3.46. The van der Waals surface area contributed by atoms with Gasteiger partial charge < -0.3 is 15.5 Å². The van der Waals surface area contributed by atoms with Gasteiger partial charge in [0, 0.05) is 38.6 Å². The van der Waals surface area contributed by atoms with E-state index in [-0.39, 0.29) is 17.9 Å². The Bertz CT molecular complexity index is 313. The van der Waals surface area contributed by atoms with Crippen LogP contribution in [-0.2, 0) is 4.79 Å². The number of nitrogens with two attached hydrogens (primary N) is 1. The number of hydrogen-bond acceptors (Lipinski definition) is 4. The minimum absolute atomic E-state index is 0.216. The van der Waals surface area contributed by atoms with E-state index < -0.39 is 0 Å². The van der Waals surface area contributed by atoms with Gasteiger partial charge in [-0.3, -0.25) is 9.69 Å². The van der Waals surface area contributed by atoms with Gasteiger partial charge in [0.1, 0.15) is 0 Å². The second-order valence-corrected chi connectivity index (χ2v) is 6.33. The van der Waals surface area contributed by atoms with Crippen LogP contribution in [-0.4, -0.2) is 80.0 Å². The molecule has 2 N–H and O–H groups in total. The van der Waals surface area contributed by atoms with E-state index in [0.717, 1.165) is 45.4 Å². The first-order chi connectivity index (χ1) is 8.99. The quantitative estimate of drug-likeness (QED) is 0.755. The maximum Gasteiger partial charge on any atom is 0.225 e. The van der Waals surface area contributed by atoms with Crippen LogP contribution in [0.15, 0.2) is 0 Å². The third-order valence-electron chi connectivity index (χ3n) is 4.61. The number of piperidine rings is 2. The second kappa shape index (κ2) is 6.20. The number of carbonyl (C=O) groups is 1. The van der Waals surface area contributed by atoms with E-state index in [4.69, 9.17) is 5.73 Å². The van der Waals surface area contributed by atoms with Crippen LogP contribution in [0, 0.1) is 5.92 Å². The molecule has 2 heterocycles. The summed E-state index contributed by atoms with van der Waals surface area (Å²) < 4.78 is 0. The second-order valence-electron chi connectivity index (χ2n) is 6.33. The first-order valence-electron chi connectivity index (χ1n) is 7.38. The molecular formula is C14H28N4O. The molecule has 0 radical (unpaired) electrons. The summed E-state index contributed by atoms with van der Waals surface area (Å²) in [4.78, 5) is 18.5. The predicted molar refractivity (Wildman–Crippen MR) is 76.9 cm³/mol. The Kier molecular flexibility index (Phi) is 4.81. The number of likely N-dealkylation sites (tertiary alicyclic amines) is 2. The molecule has 1 amide bonds. The van der Waals surface area contributed by atoms with E-state index in [9.17, 15) is 4.79 Å². The molecule has 0 aromatic heterocycles. The lowest BCUT2D eigenvalue weighted by atomic mass is 9.91. The molecule has 19 heavy (non-hydrogen) atoms. The summed E-state index contributed by atoms with van der Waals surface area (Å²) in [5.41, 5.74) is 6.28. The average molecular weight is 268 g/mol. The van der Waals surface area contributed by atoms with E-state index in [0.29, 0.717) is 6.04 Å². The first-order valence-corrected chi connectivity index (χ1v) is 7.38. The van der Waals surface area contributed by atoms with Gasteiger partial charge >= 0.3 is 0 Å². The van der Waals surface area contributed by atoms with Crippen molar-refractivity contribution in [1.82, 2.24) is 14.7 Å². The lowest BCUT2D eigenvalue weighted by Gasteiger charge is -2.44. The van der Waals surface area contributed by atoms with Crippen molar-refractivity contribution in [3.05, 3.63) is 0 Å². The summed E-state index contributed by atoms with van der Waals surface area (Å²) >= 11 is 0. The predicted octanol–water partition coefficient (Wildman–Crippen LogP) is -0.182. The normalized spacial score (nSPS) is 31.4. The van der Waals surface area contributed by atoms with Gasteiger partial charge in [-0.05, 0) is 45.9 Å². The third-order valence-corrected chi connectivity index (χ3v) is 4.61. The average Bonchev–Trinajstić information content (AvgIpc) is 2.38. The van der Waals surface area contributed by atoms with Crippen LogP contribution in [0.5, 0.6) is 0 Å². The molecule has 0 aromatic carbocycles. The summed E-state index contributed by atoms with van der Waals surface area (Å²) in [6, 6.07) is 0.756. The van der Waals surface area contributed by atoms with Gasteiger partial charge in [0.2, 0.25) is 5.91 Å². The number of carbonyl (C=O) groups excluding carboxylic acids is 1. The summed E-state index contributed by atoms with van der Waals surface area (Å²) in [5.74, 6) is 0.501. The van der Waals surface area contributed by atoms with Gasteiger partial charge in [0.05, 0.1) is 0 Å². The number of nitrogens with zero attached hydrogens (tertiary/aromatic N) is 3. The SMILES string of the molecule is CN1CCC(N2CCC(C(=O)N(C)C)CC2)C(N)C1. The minimum Gasteiger partial charge on any atom is -0.349 e. The monoisotopic (exact) mass is 268 g/mol. The van der Waals surface area contributed by atoms with Crippen molar-refractivity contribution in [2.24, 2.45) is 11.7 Å². The van der Waals surface area contributed by atoms with Crippen molar-refractivity contribution < 1.29 is 4.79 Å². The maximum atomic E-state index is 12.0. The van der Waals surface area contributed by atoms with E-state index >= 15 is 0 Å². The molecule has 2 atom stereocenters. The Morgan fingerprint density at radius 3 is 2.32 bits per heavy atom. The van der Waals surface area contributed by atoms with Crippen LogP contribution >= 0.6 is 0 Å². The Morgan fingerprint density at radius 2 is 1.79 bits per heavy atom. The van der Waals surface area contributed by atoms with Crippen LogP contribution < -0.4 is 5.73 Å². The number of likely N-dealkylation sites (N-methyl/N-ethyl adjacent to an activating group) is 1. The van der Waals surface area contributed by atoms with E-state index in [2.05, 4.69) is 16.8 Å². The highest BCUT2D eigenvalue weighted by molar-refractivity contribution is 5.78.